The predicted molar refractivity (Wildman–Crippen MR) is 72.4 cm³/mol. The largest absolute Gasteiger partial charge is 0.497 e. The molecule has 19 heavy (non-hydrogen) atoms. The summed E-state index contributed by atoms with van der Waals surface area (Å²) in [5.74, 6) is 1.10. The number of ether oxygens (including phenoxy) is 1. The molecule has 1 saturated carbocycles. The van der Waals surface area contributed by atoms with Crippen molar-refractivity contribution in [3.63, 3.8) is 0 Å². The van der Waals surface area contributed by atoms with Crippen LogP contribution >= 0.6 is 0 Å². The molecular weight excluding hydrogens is 264 g/mol. The van der Waals surface area contributed by atoms with E-state index in [0.717, 1.165) is 19.3 Å². The number of fused-ring (bicyclic) bond motifs is 2. The highest BCUT2D eigenvalue weighted by atomic mass is 32.2. The van der Waals surface area contributed by atoms with Crippen LogP contribution in [0.15, 0.2) is 23.1 Å². The van der Waals surface area contributed by atoms with Crippen LogP contribution < -0.4 is 10.5 Å². The standard InChI is InChI=1S/C13H18N2O3S/c1-18-11-4-5-13(12(14)7-11)19(16,17)15-8-9-2-3-10(15)6-9/h4-5,7,9-10H,2-3,6,8,14H2,1H3. The molecule has 1 aliphatic carbocycles. The molecule has 1 aliphatic heterocycles. The highest BCUT2D eigenvalue weighted by Crippen LogP contribution is 2.41. The number of anilines is 1. The molecule has 1 saturated heterocycles. The minimum absolute atomic E-state index is 0.163. The number of methoxy groups -OCH3 is 1. The van der Waals surface area contributed by atoms with Crippen LogP contribution in [0.25, 0.3) is 0 Å². The smallest absolute Gasteiger partial charge is 0.245 e. The van der Waals surface area contributed by atoms with E-state index in [0.29, 0.717) is 18.2 Å². The van der Waals surface area contributed by atoms with Crippen LogP contribution in [0.1, 0.15) is 19.3 Å². The highest BCUT2D eigenvalue weighted by molar-refractivity contribution is 7.89. The van der Waals surface area contributed by atoms with Gasteiger partial charge in [-0.25, -0.2) is 8.42 Å². The van der Waals surface area contributed by atoms with Crippen molar-refractivity contribution < 1.29 is 13.2 Å². The molecule has 2 unspecified atom stereocenters. The molecule has 104 valence electrons. The zero-order valence-corrected chi connectivity index (χ0v) is 11.7. The average molecular weight is 282 g/mol. The fourth-order valence-electron chi connectivity index (χ4n) is 3.19. The van der Waals surface area contributed by atoms with E-state index in [2.05, 4.69) is 0 Å². The molecule has 2 fully saturated rings. The Morgan fingerprint density at radius 1 is 1.37 bits per heavy atom. The van der Waals surface area contributed by atoms with E-state index < -0.39 is 10.0 Å². The zero-order valence-electron chi connectivity index (χ0n) is 10.9. The first kappa shape index (κ1) is 12.7. The second-order valence-electron chi connectivity index (χ2n) is 5.31. The summed E-state index contributed by atoms with van der Waals surface area (Å²) >= 11 is 0. The number of piperidine rings is 1. The van der Waals surface area contributed by atoms with Crippen molar-refractivity contribution in [3.05, 3.63) is 18.2 Å². The van der Waals surface area contributed by atoms with Gasteiger partial charge in [0.1, 0.15) is 10.6 Å². The third kappa shape index (κ3) is 1.99. The molecule has 2 atom stereocenters. The molecule has 0 radical (unpaired) electrons. The van der Waals surface area contributed by atoms with E-state index in [1.807, 2.05) is 0 Å². The van der Waals surface area contributed by atoms with Crippen molar-refractivity contribution >= 4 is 15.7 Å². The second kappa shape index (κ2) is 4.38. The zero-order chi connectivity index (χ0) is 13.6. The van der Waals surface area contributed by atoms with Crippen molar-refractivity contribution in [1.82, 2.24) is 4.31 Å². The van der Waals surface area contributed by atoms with Gasteiger partial charge >= 0.3 is 0 Å². The van der Waals surface area contributed by atoms with Crippen LogP contribution in [0, 0.1) is 5.92 Å². The predicted octanol–water partition coefficient (Wildman–Crippen LogP) is 1.45. The molecular formula is C13H18N2O3S. The number of rotatable bonds is 3. The van der Waals surface area contributed by atoms with Crippen molar-refractivity contribution in [2.24, 2.45) is 5.92 Å². The third-order valence-corrected chi connectivity index (χ3v) is 6.15. The van der Waals surface area contributed by atoms with Crippen molar-refractivity contribution in [2.45, 2.75) is 30.2 Å². The number of sulfonamides is 1. The number of hydrogen-bond donors (Lipinski definition) is 1. The summed E-state index contributed by atoms with van der Waals surface area (Å²) in [6.07, 6.45) is 3.12. The number of nitrogens with two attached hydrogens (primary N) is 1. The first-order chi connectivity index (χ1) is 9.02. The molecule has 2 aliphatic rings. The SMILES string of the molecule is COc1ccc(S(=O)(=O)N2CC3CCC2C3)c(N)c1. The minimum atomic E-state index is -3.47. The molecule has 6 heteroatoms. The highest BCUT2D eigenvalue weighted by Gasteiger charge is 2.44. The van der Waals surface area contributed by atoms with Gasteiger partial charge < -0.3 is 10.5 Å². The average Bonchev–Trinajstić information content (AvgIpc) is 3.00. The van der Waals surface area contributed by atoms with Gasteiger partial charge in [-0.3, -0.25) is 0 Å². The molecule has 0 aromatic heterocycles. The van der Waals surface area contributed by atoms with Gasteiger partial charge in [0.15, 0.2) is 0 Å². The summed E-state index contributed by atoms with van der Waals surface area (Å²) in [6, 6.07) is 4.89. The second-order valence-corrected chi connectivity index (χ2v) is 7.17. The van der Waals surface area contributed by atoms with Crippen molar-refractivity contribution in [3.8, 4) is 5.75 Å². The molecule has 0 amide bonds. The molecule has 1 aromatic rings. The Hall–Kier alpha value is -1.27. The van der Waals surface area contributed by atoms with E-state index in [1.165, 1.54) is 13.2 Å². The Bertz CT molecular complexity index is 600. The van der Waals surface area contributed by atoms with Crippen LogP contribution in [0.4, 0.5) is 5.69 Å². The maximum Gasteiger partial charge on any atom is 0.245 e. The lowest BCUT2D eigenvalue weighted by Crippen LogP contribution is -2.37. The first-order valence-corrected chi connectivity index (χ1v) is 7.91. The van der Waals surface area contributed by atoms with Crippen LogP contribution in [0.3, 0.4) is 0 Å². The maximum atomic E-state index is 12.6. The van der Waals surface area contributed by atoms with E-state index in [-0.39, 0.29) is 16.6 Å². The van der Waals surface area contributed by atoms with Gasteiger partial charge in [0.2, 0.25) is 10.0 Å². The molecule has 3 rings (SSSR count). The molecule has 2 N–H and O–H groups in total. The minimum Gasteiger partial charge on any atom is -0.497 e. The van der Waals surface area contributed by atoms with Crippen molar-refractivity contribution in [2.75, 3.05) is 19.4 Å². The Balaban J connectivity index is 1.96. The summed E-state index contributed by atoms with van der Waals surface area (Å²) < 4.78 is 32.0. The summed E-state index contributed by atoms with van der Waals surface area (Å²) in [6.45, 7) is 0.637. The number of hydrogen-bond acceptors (Lipinski definition) is 4. The molecule has 5 nitrogen and oxygen atoms in total. The Morgan fingerprint density at radius 3 is 2.68 bits per heavy atom. The lowest BCUT2D eigenvalue weighted by Gasteiger charge is -2.26. The van der Waals surface area contributed by atoms with E-state index in [4.69, 9.17) is 10.5 Å². The summed E-state index contributed by atoms with van der Waals surface area (Å²) in [4.78, 5) is 0.195. The first-order valence-electron chi connectivity index (χ1n) is 6.47. The summed E-state index contributed by atoms with van der Waals surface area (Å²) in [5.41, 5.74) is 6.11. The topological polar surface area (TPSA) is 72.6 Å². The molecule has 0 spiro atoms. The fourth-order valence-corrected chi connectivity index (χ4v) is 5.03. The van der Waals surface area contributed by atoms with Gasteiger partial charge in [-0.2, -0.15) is 4.31 Å². The third-order valence-electron chi connectivity index (χ3n) is 4.16. The fraction of sp³-hybridized carbons (Fsp3) is 0.538. The van der Waals surface area contributed by atoms with Gasteiger partial charge in [-0.05, 0) is 37.3 Å². The Morgan fingerprint density at radius 2 is 2.16 bits per heavy atom. The molecule has 1 heterocycles. The summed E-state index contributed by atoms with van der Waals surface area (Å²) in [7, 11) is -1.94. The van der Waals surface area contributed by atoms with E-state index in [1.54, 1.807) is 16.4 Å². The Labute approximate surface area is 113 Å². The van der Waals surface area contributed by atoms with Gasteiger partial charge in [0, 0.05) is 18.7 Å². The van der Waals surface area contributed by atoms with Gasteiger partial charge in [0.05, 0.1) is 12.8 Å². The number of nitrogens with zero attached hydrogens (tertiary/aromatic N) is 1. The van der Waals surface area contributed by atoms with Crippen LogP contribution in [0.2, 0.25) is 0 Å². The lowest BCUT2D eigenvalue weighted by molar-refractivity contribution is 0.333. The van der Waals surface area contributed by atoms with Crippen LogP contribution in [-0.4, -0.2) is 32.4 Å². The summed E-state index contributed by atoms with van der Waals surface area (Å²) in [5, 5.41) is 0. The van der Waals surface area contributed by atoms with Gasteiger partial charge in [-0.15, -0.1) is 0 Å². The van der Waals surface area contributed by atoms with Gasteiger partial charge in [-0.1, -0.05) is 0 Å². The number of benzene rings is 1. The van der Waals surface area contributed by atoms with E-state index >= 15 is 0 Å². The normalized spacial score (nSPS) is 26.8. The number of nitrogen functional groups attached to an aromatic ring is 1. The van der Waals surface area contributed by atoms with Gasteiger partial charge in [0.25, 0.3) is 0 Å². The molecule has 2 bridgehead atoms. The van der Waals surface area contributed by atoms with E-state index in [9.17, 15) is 8.42 Å². The maximum absolute atomic E-state index is 12.6. The van der Waals surface area contributed by atoms with Crippen LogP contribution in [-0.2, 0) is 10.0 Å². The van der Waals surface area contributed by atoms with Crippen LogP contribution in [0.5, 0.6) is 5.75 Å². The lowest BCUT2D eigenvalue weighted by atomic mass is 10.1. The Kier molecular flexibility index (Phi) is 2.94. The molecule has 1 aromatic carbocycles. The van der Waals surface area contributed by atoms with Crippen molar-refractivity contribution in [1.29, 1.82) is 0 Å². The monoisotopic (exact) mass is 282 g/mol. The quantitative estimate of drug-likeness (QED) is 0.852.